The van der Waals surface area contributed by atoms with Crippen LogP contribution in [0.15, 0.2) is 17.0 Å². The first-order valence-electron chi connectivity index (χ1n) is 4.68. The maximum Gasteiger partial charge on any atom is 0.164 e. The molecule has 0 aliphatic carbocycles. The average molecular weight is 224 g/mol. The minimum Gasteiger partial charge on any atom is -0.493 e. The van der Waals surface area contributed by atoms with Gasteiger partial charge in [-0.25, -0.2) is 0 Å². The first kappa shape index (κ1) is 10.4. The van der Waals surface area contributed by atoms with Crippen molar-refractivity contribution in [3.05, 3.63) is 17.7 Å². The molecule has 4 heteroatoms. The predicted octanol–water partition coefficient (Wildman–Crippen LogP) is 2.38. The minimum absolute atomic E-state index is 0.185. The van der Waals surface area contributed by atoms with Gasteiger partial charge in [0.05, 0.1) is 14.2 Å². The fourth-order valence-electron chi connectivity index (χ4n) is 1.59. The molecule has 0 saturated carbocycles. The van der Waals surface area contributed by atoms with Gasteiger partial charge in [-0.1, -0.05) is 0 Å². The molecule has 1 aromatic carbocycles. The van der Waals surface area contributed by atoms with E-state index in [0.717, 1.165) is 16.2 Å². The van der Waals surface area contributed by atoms with Gasteiger partial charge in [0.2, 0.25) is 0 Å². The summed E-state index contributed by atoms with van der Waals surface area (Å²) in [4.78, 5) is 12.6. The third-order valence-corrected chi connectivity index (χ3v) is 3.43. The largest absolute Gasteiger partial charge is 0.493 e. The number of rotatable bonds is 2. The van der Waals surface area contributed by atoms with Crippen LogP contribution >= 0.6 is 11.8 Å². The van der Waals surface area contributed by atoms with Crippen molar-refractivity contribution in [1.82, 2.24) is 0 Å². The summed E-state index contributed by atoms with van der Waals surface area (Å²) in [5.41, 5.74) is 0.754. The highest BCUT2D eigenvalue weighted by Crippen LogP contribution is 2.38. The number of thioether (sulfide) groups is 1. The maximum absolute atomic E-state index is 11.6. The lowest BCUT2D eigenvalue weighted by Crippen LogP contribution is -2.08. The van der Waals surface area contributed by atoms with Gasteiger partial charge in [-0.2, -0.15) is 0 Å². The molecule has 80 valence electrons. The Hall–Kier alpha value is -1.16. The normalized spacial score (nSPS) is 14.7. The van der Waals surface area contributed by atoms with Gasteiger partial charge in [-0.3, -0.25) is 4.79 Å². The summed E-state index contributed by atoms with van der Waals surface area (Å²) < 4.78 is 10.4. The smallest absolute Gasteiger partial charge is 0.164 e. The molecule has 0 saturated heterocycles. The first-order valence-corrected chi connectivity index (χ1v) is 5.67. The van der Waals surface area contributed by atoms with Crippen LogP contribution in [0.5, 0.6) is 11.5 Å². The fourth-order valence-corrected chi connectivity index (χ4v) is 2.61. The molecule has 1 aliphatic heterocycles. The van der Waals surface area contributed by atoms with E-state index >= 15 is 0 Å². The second-order valence-corrected chi connectivity index (χ2v) is 4.36. The van der Waals surface area contributed by atoms with Crippen LogP contribution in [0, 0.1) is 0 Å². The second-order valence-electron chi connectivity index (χ2n) is 3.22. The van der Waals surface area contributed by atoms with Crippen molar-refractivity contribution in [1.29, 1.82) is 0 Å². The highest BCUT2D eigenvalue weighted by Gasteiger charge is 2.20. The monoisotopic (exact) mass is 224 g/mol. The third-order valence-electron chi connectivity index (χ3n) is 2.37. The van der Waals surface area contributed by atoms with Crippen molar-refractivity contribution in [3.63, 3.8) is 0 Å². The molecule has 2 rings (SSSR count). The van der Waals surface area contributed by atoms with E-state index in [1.165, 1.54) is 0 Å². The van der Waals surface area contributed by atoms with Crippen LogP contribution < -0.4 is 9.47 Å². The standard InChI is InChI=1S/C11H12O3S/c1-13-9-5-7-8(12)3-4-15-11(7)6-10(9)14-2/h5-6H,3-4H2,1-2H3. The lowest BCUT2D eigenvalue weighted by atomic mass is 10.1. The van der Waals surface area contributed by atoms with E-state index < -0.39 is 0 Å². The van der Waals surface area contributed by atoms with E-state index in [1.807, 2.05) is 6.07 Å². The van der Waals surface area contributed by atoms with Crippen molar-refractivity contribution in [2.75, 3.05) is 20.0 Å². The maximum atomic E-state index is 11.6. The number of hydrogen-bond acceptors (Lipinski definition) is 4. The lowest BCUT2D eigenvalue weighted by Gasteiger charge is -2.17. The van der Waals surface area contributed by atoms with Crippen LogP contribution in [0.3, 0.4) is 0 Å². The summed E-state index contributed by atoms with van der Waals surface area (Å²) in [7, 11) is 3.17. The second kappa shape index (κ2) is 4.14. The van der Waals surface area contributed by atoms with E-state index in [0.29, 0.717) is 17.9 Å². The van der Waals surface area contributed by atoms with Gasteiger partial charge >= 0.3 is 0 Å². The summed E-state index contributed by atoms with van der Waals surface area (Å²) in [5, 5.41) is 0. The van der Waals surface area contributed by atoms with E-state index in [2.05, 4.69) is 0 Å². The summed E-state index contributed by atoms with van der Waals surface area (Å²) in [5.74, 6) is 2.33. The van der Waals surface area contributed by atoms with Gasteiger partial charge in [0.25, 0.3) is 0 Å². The van der Waals surface area contributed by atoms with Crippen molar-refractivity contribution < 1.29 is 14.3 Å². The quantitative estimate of drug-likeness (QED) is 0.772. The number of carbonyl (C=O) groups excluding carboxylic acids is 1. The Labute approximate surface area is 92.8 Å². The summed E-state index contributed by atoms with van der Waals surface area (Å²) >= 11 is 1.68. The molecule has 0 radical (unpaired) electrons. The summed E-state index contributed by atoms with van der Waals surface area (Å²) in [6, 6.07) is 3.64. The number of ketones is 1. The van der Waals surface area contributed by atoms with Gasteiger partial charge in [-0.15, -0.1) is 11.8 Å². The molecule has 0 atom stereocenters. The Balaban J connectivity index is 2.53. The third kappa shape index (κ3) is 1.81. The van der Waals surface area contributed by atoms with Crippen molar-refractivity contribution in [2.24, 2.45) is 0 Å². The zero-order chi connectivity index (χ0) is 10.8. The zero-order valence-electron chi connectivity index (χ0n) is 8.70. The number of methoxy groups -OCH3 is 2. The van der Waals surface area contributed by atoms with Crippen molar-refractivity contribution in [2.45, 2.75) is 11.3 Å². The van der Waals surface area contributed by atoms with Crippen LogP contribution in [0.2, 0.25) is 0 Å². The highest BCUT2D eigenvalue weighted by molar-refractivity contribution is 7.99. The number of Topliss-reactive ketones (excluding diaryl/α,β-unsaturated/α-hetero) is 1. The first-order chi connectivity index (χ1) is 7.26. The molecule has 0 bridgehead atoms. The van der Waals surface area contributed by atoms with Gasteiger partial charge in [0.15, 0.2) is 17.3 Å². The molecule has 1 heterocycles. The van der Waals surface area contributed by atoms with Gasteiger partial charge < -0.3 is 9.47 Å². The van der Waals surface area contributed by atoms with Gasteiger partial charge in [-0.05, 0) is 12.1 Å². The highest BCUT2D eigenvalue weighted by atomic mass is 32.2. The molecule has 0 fully saturated rings. The van der Waals surface area contributed by atoms with Crippen LogP contribution in [0.1, 0.15) is 16.8 Å². The molecular weight excluding hydrogens is 212 g/mol. The molecule has 0 N–H and O–H groups in total. The zero-order valence-corrected chi connectivity index (χ0v) is 9.52. The van der Waals surface area contributed by atoms with E-state index in [4.69, 9.17) is 9.47 Å². The summed E-state index contributed by atoms with van der Waals surface area (Å²) in [6.45, 7) is 0. The van der Waals surface area contributed by atoms with E-state index in [-0.39, 0.29) is 5.78 Å². The van der Waals surface area contributed by atoms with Crippen LogP contribution in [0.25, 0.3) is 0 Å². The topological polar surface area (TPSA) is 35.5 Å². The summed E-state index contributed by atoms with van der Waals surface area (Å²) in [6.07, 6.45) is 0.604. The Bertz CT molecular complexity index is 401. The lowest BCUT2D eigenvalue weighted by molar-refractivity contribution is 0.0984. The van der Waals surface area contributed by atoms with Crippen molar-refractivity contribution in [3.8, 4) is 11.5 Å². The van der Waals surface area contributed by atoms with Crippen LogP contribution in [-0.4, -0.2) is 25.8 Å². The molecule has 3 nitrogen and oxygen atoms in total. The molecule has 1 aliphatic rings. The van der Waals surface area contributed by atoms with Crippen LogP contribution in [0.4, 0.5) is 0 Å². The van der Waals surface area contributed by atoms with E-state index in [1.54, 1.807) is 32.0 Å². The number of ether oxygens (including phenoxy) is 2. The van der Waals surface area contributed by atoms with Gasteiger partial charge in [0.1, 0.15) is 0 Å². The molecule has 0 aromatic heterocycles. The fraction of sp³-hybridized carbons (Fsp3) is 0.364. The predicted molar refractivity (Wildman–Crippen MR) is 59.2 cm³/mol. The minimum atomic E-state index is 0.185. The van der Waals surface area contributed by atoms with Crippen LogP contribution in [-0.2, 0) is 0 Å². The Morgan fingerprint density at radius 3 is 2.53 bits per heavy atom. The van der Waals surface area contributed by atoms with Gasteiger partial charge in [0, 0.05) is 22.6 Å². The number of carbonyl (C=O) groups is 1. The Kier molecular flexibility index (Phi) is 2.86. The number of hydrogen-bond donors (Lipinski definition) is 0. The molecule has 1 aromatic rings. The molecule has 15 heavy (non-hydrogen) atoms. The SMILES string of the molecule is COc1cc2c(cc1OC)C(=O)CCS2. The van der Waals surface area contributed by atoms with Crippen molar-refractivity contribution >= 4 is 17.5 Å². The average Bonchev–Trinajstić information content (AvgIpc) is 2.28. The molecule has 0 amide bonds. The molecular formula is C11H12O3S. The molecule has 0 unspecified atom stereocenters. The number of benzene rings is 1. The van der Waals surface area contributed by atoms with E-state index in [9.17, 15) is 4.79 Å². The number of fused-ring (bicyclic) bond motifs is 1. The molecule has 0 spiro atoms. The Morgan fingerprint density at radius 1 is 1.20 bits per heavy atom. The Morgan fingerprint density at radius 2 is 1.87 bits per heavy atom.